The molecule has 54 heavy (non-hydrogen) atoms. The maximum atomic E-state index is 12.4. The van der Waals surface area contributed by atoms with Gasteiger partial charge in [-0.2, -0.15) is 0 Å². The predicted octanol–water partition coefficient (Wildman–Crippen LogP) is 14.6. The van der Waals surface area contributed by atoms with E-state index in [1.165, 1.54) is 225 Å². The number of aliphatic hydroxyl groups excluding tert-OH is 3. The average molecular weight is 766 g/mol. The lowest BCUT2D eigenvalue weighted by molar-refractivity contribution is -0.124. The van der Waals surface area contributed by atoms with E-state index in [4.69, 9.17) is 0 Å². The highest BCUT2D eigenvalue weighted by Crippen LogP contribution is 2.18. The fourth-order valence-corrected chi connectivity index (χ4v) is 8.11. The Morgan fingerprint density at radius 3 is 0.889 bits per heavy atom. The van der Waals surface area contributed by atoms with Crippen LogP contribution in [-0.4, -0.2) is 46.1 Å². The lowest BCUT2D eigenvalue weighted by Crippen LogP contribution is -2.50. The van der Waals surface area contributed by atoms with Crippen molar-refractivity contribution in [1.29, 1.82) is 0 Å². The van der Waals surface area contributed by atoms with E-state index < -0.39 is 18.2 Å². The normalized spacial score (nSPS) is 13.4. The molecule has 0 aromatic carbocycles. The molecular weight excluding hydrogens is 667 g/mol. The molecule has 0 saturated heterocycles. The lowest BCUT2D eigenvalue weighted by Gasteiger charge is -2.26. The van der Waals surface area contributed by atoms with Gasteiger partial charge in [0.1, 0.15) is 6.10 Å². The summed E-state index contributed by atoms with van der Waals surface area (Å²) in [7, 11) is 0. The van der Waals surface area contributed by atoms with E-state index in [0.717, 1.165) is 32.1 Å². The van der Waals surface area contributed by atoms with Crippen LogP contribution in [-0.2, 0) is 4.79 Å². The highest BCUT2D eigenvalue weighted by Gasteiger charge is 2.26. The lowest BCUT2D eigenvalue weighted by atomic mass is 9.99. The van der Waals surface area contributed by atoms with Crippen molar-refractivity contribution < 1.29 is 20.1 Å². The summed E-state index contributed by atoms with van der Waals surface area (Å²) in [5.74, 6) is -0.138. The summed E-state index contributed by atoms with van der Waals surface area (Å²) in [6, 6.07) is -0.802. The second kappa shape index (κ2) is 45.1. The van der Waals surface area contributed by atoms with Gasteiger partial charge in [-0.05, 0) is 12.8 Å². The quantitative estimate of drug-likeness (QED) is 0.0465. The molecule has 0 heterocycles. The Hall–Kier alpha value is -0.650. The van der Waals surface area contributed by atoms with E-state index in [0.29, 0.717) is 12.8 Å². The maximum absolute atomic E-state index is 12.4. The summed E-state index contributed by atoms with van der Waals surface area (Å²) < 4.78 is 0. The number of carbonyl (C=O) groups is 1. The van der Waals surface area contributed by atoms with Crippen molar-refractivity contribution >= 4 is 5.91 Å². The molecule has 4 N–H and O–H groups in total. The molecule has 0 aliphatic carbocycles. The number of aliphatic hydroxyl groups is 3. The summed E-state index contributed by atoms with van der Waals surface area (Å²) >= 11 is 0. The number of nitrogens with one attached hydrogen (secondary N) is 1. The maximum Gasteiger partial charge on any atom is 0.220 e. The SMILES string of the molecule is CCCCCCCCCCCCCCCCCCCCCCCCCCCCCCC(=O)N[C@@H](CO)[C@H](O)[C@H](O)CCCCCCCCCCCCCC. The Balaban J connectivity index is 3.46. The first-order valence-electron chi connectivity index (χ1n) is 24.8. The van der Waals surface area contributed by atoms with Gasteiger partial charge in [0.05, 0.1) is 18.8 Å². The van der Waals surface area contributed by atoms with Crippen molar-refractivity contribution in [2.24, 2.45) is 0 Å². The Morgan fingerprint density at radius 1 is 0.389 bits per heavy atom. The fourth-order valence-electron chi connectivity index (χ4n) is 8.11. The molecule has 3 atom stereocenters. The van der Waals surface area contributed by atoms with Crippen LogP contribution in [0.2, 0.25) is 0 Å². The Bertz CT molecular complexity index is 718. The van der Waals surface area contributed by atoms with Gasteiger partial charge in [0.15, 0.2) is 0 Å². The van der Waals surface area contributed by atoms with Crippen molar-refractivity contribution in [2.45, 2.75) is 302 Å². The molecular formula is C49H99NO4. The first kappa shape index (κ1) is 53.4. The van der Waals surface area contributed by atoms with E-state index in [9.17, 15) is 20.1 Å². The minimum absolute atomic E-state index is 0.138. The van der Waals surface area contributed by atoms with Crippen LogP contribution in [0.25, 0.3) is 0 Å². The summed E-state index contributed by atoms with van der Waals surface area (Å²) in [4.78, 5) is 12.4. The molecule has 0 bridgehead atoms. The van der Waals surface area contributed by atoms with Gasteiger partial charge >= 0.3 is 0 Å². The number of unbranched alkanes of at least 4 members (excludes halogenated alkanes) is 38. The molecule has 0 saturated carbocycles. The molecule has 0 aliphatic rings. The minimum atomic E-state index is -1.13. The van der Waals surface area contributed by atoms with E-state index in [-0.39, 0.29) is 12.5 Å². The van der Waals surface area contributed by atoms with Crippen molar-refractivity contribution in [3.8, 4) is 0 Å². The van der Waals surface area contributed by atoms with Crippen LogP contribution in [0.3, 0.4) is 0 Å². The zero-order valence-corrected chi connectivity index (χ0v) is 36.9. The van der Waals surface area contributed by atoms with Crippen molar-refractivity contribution in [3.63, 3.8) is 0 Å². The molecule has 0 spiro atoms. The smallest absolute Gasteiger partial charge is 0.220 e. The van der Waals surface area contributed by atoms with Crippen LogP contribution < -0.4 is 5.32 Å². The second-order valence-electron chi connectivity index (χ2n) is 17.4. The molecule has 0 unspecified atom stereocenters. The summed E-state index contributed by atoms with van der Waals surface area (Å²) in [6.45, 7) is 4.20. The third kappa shape index (κ3) is 39.6. The van der Waals surface area contributed by atoms with Crippen LogP contribution in [0.1, 0.15) is 284 Å². The molecule has 0 radical (unpaired) electrons. The van der Waals surface area contributed by atoms with E-state index in [2.05, 4.69) is 19.2 Å². The predicted molar refractivity (Wildman–Crippen MR) is 236 cm³/mol. The van der Waals surface area contributed by atoms with Crippen molar-refractivity contribution in [2.75, 3.05) is 6.61 Å². The zero-order chi connectivity index (χ0) is 39.4. The Kier molecular flexibility index (Phi) is 44.5. The molecule has 0 aliphatic heterocycles. The van der Waals surface area contributed by atoms with Gasteiger partial charge in [-0.25, -0.2) is 0 Å². The molecule has 0 fully saturated rings. The largest absolute Gasteiger partial charge is 0.394 e. The van der Waals surface area contributed by atoms with Gasteiger partial charge in [0.25, 0.3) is 0 Å². The monoisotopic (exact) mass is 766 g/mol. The van der Waals surface area contributed by atoms with E-state index >= 15 is 0 Å². The van der Waals surface area contributed by atoms with Crippen molar-refractivity contribution in [3.05, 3.63) is 0 Å². The summed E-state index contributed by atoms with van der Waals surface area (Å²) in [6.07, 6.45) is 52.4. The van der Waals surface area contributed by atoms with Crippen LogP contribution in [0.5, 0.6) is 0 Å². The average Bonchev–Trinajstić information content (AvgIpc) is 3.18. The van der Waals surface area contributed by atoms with Gasteiger partial charge in [-0.3, -0.25) is 4.79 Å². The third-order valence-electron chi connectivity index (χ3n) is 12.0. The Morgan fingerprint density at radius 2 is 0.630 bits per heavy atom. The molecule has 0 aromatic rings. The Labute approximate surface area is 338 Å². The van der Waals surface area contributed by atoms with E-state index in [1.54, 1.807) is 0 Å². The fraction of sp³-hybridized carbons (Fsp3) is 0.980. The number of hydrogen-bond donors (Lipinski definition) is 4. The van der Waals surface area contributed by atoms with Gasteiger partial charge in [-0.15, -0.1) is 0 Å². The highest BCUT2D eigenvalue weighted by atomic mass is 16.3. The topological polar surface area (TPSA) is 89.8 Å². The summed E-state index contributed by atoms with van der Waals surface area (Å²) in [5, 5.41) is 33.5. The standard InChI is InChI=1S/C49H99NO4/c1-3-5-7-9-11-13-15-17-18-19-20-21-22-23-24-25-26-27-28-29-30-31-32-34-36-38-40-42-44-48(53)50-46(45-51)49(54)47(52)43-41-39-37-35-33-16-14-12-10-8-6-4-2/h46-47,49,51-52,54H,3-45H2,1-2H3,(H,50,53)/t46-,47+,49-/m0/s1. The minimum Gasteiger partial charge on any atom is -0.394 e. The van der Waals surface area contributed by atoms with Gasteiger partial charge in [-0.1, -0.05) is 264 Å². The first-order valence-corrected chi connectivity index (χ1v) is 24.8. The van der Waals surface area contributed by atoms with Gasteiger partial charge in [0.2, 0.25) is 5.91 Å². The van der Waals surface area contributed by atoms with Gasteiger partial charge in [0, 0.05) is 6.42 Å². The van der Waals surface area contributed by atoms with Crippen LogP contribution in [0.4, 0.5) is 0 Å². The molecule has 5 nitrogen and oxygen atoms in total. The molecule has 324 valence electrons. The molecule has 0 rings (SSSR count). The van der Waals surface area contributed by atoms with Crippen molar-refractivity contribution in [1.82, 2.24) is 5.32 Å². The number of hydrogen-bond acceptors (Lipinski definition) is 4. The van der Waals surface area contributed by atoms with Crippen LogP contribution in [0.15, 0.2) is 0 Å². The van der Waals surface area contributed by atoms with Crippen LogP contribution >= 0.6 is 0 Å². The number of amides is 1. The number of rotatable bonds is 46. The highest BCUT2D eigenvalue weighted by molar-refractivity contribution is 5.76. The third-order valence-corrected chi connectivity index (χ3v) is 12.0. The van der Waals surface area contributed by atoms with Crippen LogP contribution in [0, 0.1) is 0 Å². The molecule has 0 aromatic heterocycles. The zero-order valence-electron chi connectivity index (χ0n) is 36.9. The van der Waals surface area contributed by atoms with E-state index in [1.807, 2.05) is 0 Å². The summed E-state index contributed by atoms with van der Waals surface area (Å²) in [5.41, 5.74) is 0. The number of carbonyl (C=O) groups excluding carboxylic acids is 1. The molecule has 5 heteroatoms. The first-order chi connectivity index (χ1) is 26.6. The molecule has 1 amide bonds. The second-order valence-corrected chi connectivity index (χ2v) is 17.4. The van der Waals surface area contributed by atoms with Gasteiger partial charge < -0.3 is 20.6 Å².